The van der Waals surface area contributed by atoms with Gasteiger partial charge in [-0.25, -0.2) is 9.59 Å². The lowest BCUT2D eigenvalue weighted by molar-refractivity contribution is -0.155. The van der Waals surface area contributed by atoms with Gasteiger partial charge in [-0.1, -0.05) is 59.1 Å². The van der Waals surface area contributed by atoms with Gasteiger partial charge in [-0.15, -0.1) is 0 Å². The molecule has 0 aliphatic rings. The van der Waals surface area contributed by atoms with Crippen LogP contribution in [0.4, 0.5) is 0 Å². The van der Waals surface area contributed by atoms with Crippen molar-refractivity contribution < 1.29 is 57.6 Å². The van der Waals surface area contributed by atoms with E-state index >= 15 is 0 Å². The molecule has 1 N–H and O–H groups in total. The molecule has 0 radical (unpaired) electrons. The molecule has 52 heavy (non-hydrogen) atoms. The topological polar surface area (TPSA) is 169 Å². The van der Waals surface area contributed by atoms with Crippen LogP contribution < -0.4 is 0 Å². The van der Waals surface area contributed by atoms with Gasteiger partial charge in [0.15, 0.2) is 0 Å². The van der Waals surface area contributed by atoms with Crippen LogP contribution >= 0.6 is 0 Å². The summed E-state index contributed by atoms with van der Waals surface area (Å²) in [7, 11) is 0. The highest BCUT2D eigenvalue weighted by atomic mass is 16.6. The lowest BCUT2D eigenvalue weighted by Gasteiger charge is -2.20. The molecule has 0 aliphatic heterocycles. The maximum absolute atomic E-state index is 11.8. The molecule has 296 valence electrons. The van der Waals surface area contributed by atoms with Crippen LogP contribution in [0.1, 0.15) is 153 Å². The molecule has 0 saturated heterocycles. The Kier molecular flexibility index (Phi) is 24.7. The Morgan fingerprint density at radius 2 is 1.13 bits per heavy atom. The summed E-state index contributed by atoms with van der Waals surface area (Å²) >= 11 is 0. The first-order valence-electron chi connectivity index (χ1n) is 18.7. The van der Waals surface area contributed by atoms with Crippen molar-refractivity contribution in [1.29, 1.82) is 0 Å². The first kappa shape index (κ1) is 48.0. The van der Waals surface area contributed by atoms with Gasteiger partial charge in [-0.2, -0.15) is 0 Å². The number of unbranched alkanes of at least 4 members (excludes halogenated alkanes) is 3. The predicted molar refractivity (Wildman–Crippen MR) is 197 cm³/mol. The van der Waals surface area contributed by atoms with E-state index in [1.165, 1.54) is 31.0 Å². The highest BCUT2D eigenvalue weighted by molar-refractivity contribution is 6.02. The van der Waals surface area contributed by atoms with Crippen molar-refractivity contribution in [2.45, 2.75) is 132 Å². The van der Waals surface area contributed by atoms with Gasteiger partial charge in [-0.3, -0.25) is 19.2 Å². The van der Waals surface area contributed by atoms with Gasteiger partial charge in [-0.05, 0) is 90.7 Å². The zero-order chi connectivity index (χ0) is 39.6. The number of esters is 5. The summed E-state index contributed by atoms with van der Waals surface area (Å²) < 4.78 is 25.7. The van der Waals surface area contributed by atoms with Crippen LogP contribution in [0.2, 0.25) is 0 Å². The molecular formula is C40H64O12. The molecule has 0 spiro atoms. The van der Waals surface area contributed by atoms with Crippen molar-refractivity contribution in [3.05, 3.63) is 35.4 Å². The molecule has 0 aromatic heterocycles. The van der Waals surface area contributed by atoms with Crippen molar-refractivity contribution in [1.82, 2.24) is 0 Å². The average Bonchev–Trinajstić information content (AvgIpc) is 3.13. The number of ether oxygens (including phenoxy) is 5. The second-order valence-electron chi connectivity index (χ2n) is 14.0. The quantitative estimate of drug-likeness (QED) is 0.0582. The summed E-state index contributed by atoms with van der Waals surface area (Å²) in [4.78, 5) is 69.9. The number of carbonyl (C=O) groups is 6. The van der Waals surface area contributed by atoms with E-state index < -0.39 is 22.8 Å². The molecule has 1 aromatic rings. The predicted octanol–water partition coefficient (Wildman–Crippen LogP) is 8.13. The highest BCUT2D eigenvalue weighted by Crippen LogP contribution is 2.22. The number of hydrogen-bond acceptors (Lipinski definition) is 11. The summed E-state index contributed by atoms with van der Waals surface area (Å²) in [6, 6.07) is 5.77. The van der Waals surface area contributed by atoms with E-state index in [0.29, 0.717) is 44.8 Å². The lowest BCUT2D eigenvalue weighted by Crippen LogP contribution is -2.27. The Labute approximate surface area is 310 Å². The Morgan fingerprint density at radius 1 is 0.615 bits per heavy atom. The summed E-state index contributed by atoms with van der Waals surface area (Å²) in [6.07, 6.45) is 9.26. The van der Waals surface area contributed by atoms with Gasteiger partial charge < -0.3 is 28.8 Å². The van der Waals surface area contributed by atoms with Gasteiger partial charge in [0, 0.05) is 12.8 Å². The van der Waals surface area contributed by atoms with Gasteiger partial charge in [0.2, 0.25) is 0 Å². The van der Waals surface area contributed by atoms with Crippen LogP contribution in [0.3, 0.4) is 0 Å². The first-order chi connectivity index (χ1) is 24.6. The minimum Gasteiger partial charge on any atom is -0.478 e. The average molecular weight is 737 g/mol. The van der Waals surface area contributed by atoms with E-state index in [4.69, 9.17) is 28.8 Å². The molecule has 0 bridgehead atoms. The molecule has 0 saturated carbocycles. The van der Waals surface area contributed by atoms with Crippen molar-refractivity contribution in [3.63, 3.8) is 0 Å². The van der Waals surface area contributed by atoms with Gasteiger partial charge >= 0.3 is 35.8 Å². The van der Waals surface area contributed by atoms with Gasteiger partial charge in [0.1, 0.15) is 13.2 Å². The molecular weight excluding hydrogens is 672 g/mol. The Morgan fingerprint density at radius 3 is 1.69 bits per heavy atom. The third kappa shape index (κ3) is 20.8. The van der Waals surface area contributed by atoms with Crippen LogP contribution in [-0.2, 0) is 42.9 Å². The number of carboxylic acids is 1. The second kappa shape index (κ2) is 26.8. The van der Waals surface area contributed by atoms with Crippen molar-refractivity contribution in [3.8, 4) is 0 Å². The smallest absolute Gasteiger partial charge is 0.339 e. The number of aromatic carboxylic acids is 1. The standard InChI is InChI=1S/C24H44O6.C16H20O6/c1-6-9-14-20(7-2)19-30-22(26)15-11-10-12-17-28-21(25)16-13-18-29-23(27)24(4,5)8-3;1-4-16(2,3)15(20)22-10-9-21-14(19)12-8-6-5-7-11(12)13(17)18/h20H,6-19H2,1-5H3;5-8H,4,9-10H2,1-3H3,(H,17,18). The van der Waals surface area contributed by atoms with Crippen LogP contribution in [-0.4, -0.2) is 74.0 Å². The number of rotatable bonds is 25. The number of carbonyl (C=O) groups excluding carboxylic acids is 5. The largest absolute Gasteiger partial charge is 0.478 e. The molecule has 0 amide bonds. The van der Waals surface area contributed by atoms with Crippen LogP contribution in [0.5, 0.6) is 0 Å². The van der Waals surface area contributed by atoms with E-state index in [-0.39, 0.29) is 61.2 Å². The molecule has 0 heterocycles. The maximum atomic E-state index is 11.8. The fraction of sp³-hybridized carbons (Fsp3) is 0.700. The first-order valence-corrected chi connectivity index (χ1v) is 18.7. The lowest BCUT2D eigenvalue weighted by atomic mass is 9.91. The van der Waals surface area contributed by atoms with Crippen LogP contribution in [0, 0.1) is 16.7 Å². The Balaban J connectivity index is 0.00000105. The summed E-state index contributed by atoms with van der Waals surface area (Å²) in [5.41, 5.74) is -1.23. The van der Waals surface area contributed by atoms with E-state index in [1.807, 2.05) is 27.7 Å². The zero-order valence-corrected chi connectivity index (χ0v) is 32.8. The maximum Gasteiger partial charge on any atom is 0.339 e. The summed E-state index contributed by atoms with van der Waals surface area (Å²) in [5, 5.41) is 9.00. The van der Waals surface area contributed by atoms with Crippen LogP contribution in [0.15, 0.2) is 24.3 Å². The number of benzene rings is 1. The van der Waals surface area contributed by atoms with Crippen molar-refractivity contribution in [2.75, 3.05) is 33.0 Å². The zero-order valence-electron chi connectivity index (χ0n) is 32.8. The minimum absolute atomic E-state index is 0.0322. The third-order valence-corrected chi connectivity index (χ3v) is 8.87. The Bertz CT molecular complexity index is 1240. The molecule has 1 atom stereocenters. The van der Waals surface area contributed by atoms with Gasteiger partial charge in [0.25, 0.3) is 0 Å². The summed E-state index contributed by atoms with van der Waals surface area (Å²) in [6.45, 7) is 16.3. The third-order valence-electron chi connectivity index (χ3n) is 8.87. The fourth-order valence-corrected chi connectivity index (χ4v) is 4.24. The van der Waals surface area contributed by atoms with Crippen LogP contribution in [0.25, 0.3) is 0 Å². The van der Waals surface area contributed by atoms with Crippen molar-refractivity contribution in [2.24, 2.45) is 16.7 Å². The molecule has 0 aliphatic carbocycles. The minimum atomic E-state index is -1.20. The van der Waals surface area contributed by atoms with E-state index in [9.17, 15) is 28.8 Å². The fourth-order valence-electron chi connectivity index (χ4n) is 4.24. The molecule has 12 heteroatoms. The second-order valence-corrected chi connectivity index (χ2v) is 14.0. The van der Waals surface area contributed by atoms with Crippen molar-refractivity contribution >= 4 is 35.8 Å². The number of hydrogen-bond donors (Lipinski definition) is 1. The Hall–Kier alpha value is -3.96. The SMILES string of the molecule is CCC(C)(C)C(=O)OCCOC(=O)c1ccccc1C(=O)O.CCCCC(CC)COC(=O)CCCCCOC(=O)CCCOC(=O)C(C)(C)CC. The summed E-state index contributed by atoms with van der Waals surface area (Å²) in [5.74, 6) is -2.51. The number of carboxylic acid groups (broad SMARTS) is 1. The molecule has 1 unspecified atom stereocenters. The van der Waals surface area contributed by atoms with E-state index in [1.54, 1.807) is 19.9 Å². The normalized spacial score (nSPS) is 11.7. The monoisotopic (exact) mass is 736 g/mol. The highest BCUT2D eigenvalue weighted by Gasteiger charge is 2.28. The molecule has 12 nitrogen and oxygen atoms in total. The molecule has 1 aromatic carbocycles. The molecule has 0 fully saturated rings. The van der Waals surface area contributed by atoms with Gasteiger partial charge in [0.05, 0.1) is 41.8 Å². The van der Waals surface area contributed by atoms with E-state index in [2.05, 4.69) is 13.8 Å². The molecule has 1 rings (SSSR count). The van der Waals surface area contributed by atoms with E-state index in [0.717, 1.165) is 32.1 Å².